The van der Waals surface area contributed by atoms with Crippen molar-refractivity contribution in [1.29, 1.82) is 0 Å². The first-order valence-electron chi connectivity index (χ1n) is 6.88. The Morgan fingerprint density at radius 2 is 2.05 bits per heavy atom. The van der Waals surface area contributed by atoms with Gasteiger partial charge in [-0.25, -0.2) is 0 Å². The van der Waals surface area contributed by atoms with Crippen molar-refractivity contribution in [2.45, 2.75) is 44.1 Å². The van der Waals surface area contributed by atoms with E-state index in [-0.39, 0.29) is 17.7 Å². The Morgan fingerprint density at radius 1 is 1.40 bits per heavy atom. The number of carbonyl (C=O) groups is 2. The van der Waals surface area contributed by atoms with Crippen molar-refractivity contribution in [1.82, 2.24) is 0 Å². The zero-order valence-electron chi connectivity index (χ0n) is 11.9. The molecule has 1 saturated carbocycles. The molecule has 4 nitrogen and oxygen atoms in total. The molecule has 1 aliphatic rings. The van der Waals surface area contributed by atoms with Crippen molar-refractivity contribution >= 4 is 11.8 Å². The topological polar surface area (TPSA) is 63.6 Å². The molecule has 4 heteroatoms. The monoisotopic (exact) mass is 276 g/mol. The molecule has 1 aromatic rings. The number of esters is 1. The number of ether oxygens (including phenoxy) is 1. The highest BCUT2D eigenvalue weighted by Crippen LogP contribution is 2.30. The molecular weight excluding hydrogens is 256 g/mol. The molecule has 1 aliphatic carbocycles. The van der Waals surface area contributed by atoms with Gasteiger partial charge in [0, 0.05) is 12.8 Å². The van der Waals surface area contributed by atoms with Crippen molar-refractivity contribution in [3.63, 3.8) is 0 Å². The van der Waals surface area contributed by atoms with Crippen LogP contribution in [0.5, 0.6) is 0 Å². The highest BCUT2D eigenvalue weighted by molar-refractivity contribution is 5.89. The van der Waals surface area contributed by atoms with Crippen molar-refractivity contribution < 1.29 is 19.4 Å². The molecule has 0 radical (unpaired) electrons. The van der Waals surface area contributed by atoms with Gasteiger partial charge in [0.1, 0.15) is 5.60 Å². The number of aliphatic hydroxyl groups is 1. The Labute approximate surface area is 118 Å². The Morgan fingerprint density at radius 3 is 2.55 bits per heavy atom. The first-order chi connectivity index (χ1) is 9.46. The summed E-state index contributed by atoms with van der Waals surface area (Å²) in [6.45, 7) is 1.79. The SMILES string of the molecule is COC(=O)C(C)c1ccc(CC2(O)CCCC2=O)cc1. The summed E-state index contributed by atoms with van der Waals surface area (Å²) in [7, 11) is 1.37. The van der Waals surface area contributed by atoms with E-state index in [9.17, 15) is 14.7 Å². The van der Waals surface area contributed by atoms with Gasteiger partial charge < -0.3 is 9.84 Å². The van der Waals surface area contributed by atoms with Gasteiger partial charge in [-0.2, -0.15) is 0 Å². The molecule has 0 heterocycles. The van der Waals surface area contributed by atoms with Gasteiger partial charge in [0.05, 0.1) is 13.0 Å². The van der Waals surface area contributed by atoms with Crippen molar-refractivity contribution in [3.8, 4) is 0 Å². The van der Waals surface area contributed by atoms with E-state index in [4.69, 9.17) is 4.74 Å². The van der Waals surface area contributed by atoms with Gasteiger partial charge in [0.15, 0.2) is 5.78 Å². The van der Waals surface area contributed by atoms with E-state index in [0.29, 0.717) is 19.3 Å². The third-order valence-electron chi connectivity index (χ3n) is 4.04. The van der Waals surface area contributed by atoms with Crippen LogP contribution in [0.1, 0.15) is 43.2 Å². The number of benzene rings is 1. The van der Waals surface area contributed by atoms with E-state index >= 15 is 0 Å². The number of rotatable bonds is 4. The third kappa shape index (κ3) is 2.90. The molecule has 1 aromatic carbocycles. The lowest BCUT2D eigenvalue weighted by Crippen LogP contribution is -2.35. The van der Waals surface area contributed by atoms with E-state index in [1.54, 1.807) is 6.92 Å². The number of hydrogen-bond acceptors (Lipinski definition) is 4. The molecule has 1 fully saturated rings. The normalized spacial score (nSPS) is 23.6. The van der Waals surface area contributed by atoms with E-state index in [2.05, 4.69) is 0 Å². The fraction of sp³-hybridized carbons (Fsp3) is 0.500. The molecule has 2 atom stereocenters. The number of carbonyl (C=O) groups excluding carboxylic acids is 2. The highest BCUT2D eigenvalue weighted by Gasteiger charge is 2.39. The molecule has 2 unspecified atom stereocenters. The van der Waals surface area contributed by atoms with Crippen molar-refractivity contribution in [2.24, 2.45) is 0 Å². The van der Waals surface area contributed by atoms with Crippen LogP contribution in [0.3, 0.4) is 0 Å². The van der Waals surface area contributed by atoms with Crippen molar-refractivity contribution in [2.75, 3.05) is 7.11 Å². The molecular formula is C16H20O4. The van der Waals surface area contributed by atoms with Crippen LogP contribution in [-0.2, 0) is 20.7 Å². The smallest absolute Gasteiger partial charge is 0.312 e. The summed E-state index contributed by atoms with van der Waals surface area (Å²) < 4.78 is 4.71. The summed E-state index contributed by atoms with van der Waals surface area (Å²) in [4.78, 5) is 23.2. The second-order valence-corrected chi connectivity index (χ2v) is 5.47. The first-order valence-corrected chi connectivity index (χ1v) is 6.88. The fourth-order valence-corrected chi connectivity index (χ4v) is 2.68. The highest BCUT2D eigenvalue weighted by atomic mass is 16.5. The van der Waals surface area contributed by atoms with E-state index in [0.717, 1.165) is 17.5 Å². The lowest BCUT2D eigenvalue weighted by Gasteiger charge is -2.20. The minimum Gasteiger partial charge on any atom is -0.469 e. The largest absolute Gasteiger partial charge is 0.469 e. The summed E-state index contributed by atoms with van der Waals surface area (Å²) in [6.07, 6.45) is 2.10. The predicted octanol–water partition coefficient (Wildman–Crippen LogP) is 1.99. The quantitative estimate of drug-likeness (QED) is 0.854. The second-order valence-electron chi connectivity index (χ2n) is 5.47. The molecule has 0 aliphatic heterocycles. The number of ketones is 1. The van der Waals surface area contributed by atoms with Crippen molar-refractivity contribution in [3.05, 3.63) is 35.4 Å². The Kier molecular flexibility index (Phi) is 4.23. The zero-order chi connectivity index (χ0) is 14.8. The average molecular weight is 276 g/mol. The van der Waals surface area contributed by atoms with Gasteiger partial charge in [-0.3, -0.25) is 9.59 Å². The summed E-state index contributed by atoms with van der Waals surface area (Å²) in [5.41, 5.74) is 0.573. The molecule has 0 bridgehead atoms. The maximum atomic E-state index is 11.7. The van der Waals surface area contributed by atoms with Crippen LogP contribution in [-0.4, -0.2) is 29.6 Å². The standard InChI is InChI=1S/C16H20O4/c1-11(15(18)20-2)13-7-5-12(6-8-13)10-16(19)9-3-4-14(16)17/h5-8,11,19H,3-4,9-10H2,1-2H3. The minimum absolute atomic E-state index is 0.0653. The minimum atomic E-state index is -1.20. The number of Topliss-reactive ketones (excluding diaryl/α,β-unsaturated/α-hetero) is 1. The average Bonchev–Trinajstić information content (AvgIpc) is 2.77. The first kappa shape index (κ1) is 14.7. The van der Waals surface area contributed by atoms with Crippen LogP contribution in [0.4, 0.5) is 0 Å². The van der Waals surface area contributed by atoms with Gasteiger partial charge in [-0.1, -0.05) is 24.3 Å². The van der Waals surface area contributed by atoms with E-state index in [1.165, 1.54) is 7.11 Å². The van der Waals surface area contributed by atoms with Gasteiger partial charge >= 0.3 is 5.97 Å². The van der Waals surface area contributed by atoms with Crippen LogP contribution >= 0.6 is 0 Å². The molecule has 108 valence electrons. The third-order valence-corrected chi connectivity index (χ3v) is 4.04. The van der Waals surface area contributed by atoms with Crippen LogP contribution in [0, 0.1) is 0 Å². The maximum absolute atomic E-state index is 11.7. The maximum Gasteiger partial charge on any atom is 0.312 e. The summed E-state index contributed by atoms with van der Waals surface area (Å²) in [6, 6.07) is 7.41. The Balaban J connectivity index is 2.09. The fourth-order valence-electron chi connectivity index (χ4n) is 2.68. The molecule has 0 amide bonds. The predicted molar refractivity (Wildman–Crippen MR) is 74.4 cm³/mol. The Bertz CT molecular complexity index is 506. The second kappa shape index (κ2) is 5.75. The summed E-state index contributed by atoms with van der Waals surface area (Å²) >= 11 is 0. The number of hydrogen-bond donors (Lipinski definition) is 1. The van der Waals surface area contributed by atoms with Crippen LogP contribution in [0.25, 0.3) is 0 Å². The van der Waals surface area contributed by atoms with Gasteiger partial charge in [0.25, 0.3) is 0 Å². The van der Waals surface area contributed by atoms with Crippen LogP contribution in [0.15, 0.2) is 24.3 Å². The van der Waals surface area contributed by atoms with Crippen LogP contribution in [0.2, 0.25) is 0 Å². The summed E-state index contributed by atoms with van der Waals surface area (Å²) in [5, 5.41) is 10.3. The molecule has 2 rings (SSSR count). The molecule has 0 aromatic heterocycles. The number of methoxy groups -OCH3 is 1. The van der Waals surface area contributed by atoms with E-state index in [1.807, 2.05) is 24.3 Å². The van der Waals surface area contributed by atoms with Gasteiger partial charge in [0.2, 0.25) is 0 Å². The Hall–Kier alpha value is -1.68. The molecule has 20 heavy (non-hydrogen) atoms. The zero-order valence-corrected chi connectivity index (χ0v) is 11.9. The van der Waals surface area contributed by atoms with Gasteiger partial charge in [-0.05, 0) is 30.9 Å². The lowest BCUT2D eigenvalue weighted by atomic mass is 9.91. The van der Waals surface area contributed by atoms with Gasteiger partial charge in [-0.15, -0.1) is 0 Å². The molecule has 1 N–H and O–H groups in total. The summed E-state index contributed by atoms with van der Waals surface area (Å²) in [5.74, 6) is -0.655. The van der Waals surface area contributed by atoms with E-state index < -0.39 is 5.60 Å². The lowest BCUT2D eigenvalue weighted by molar-refractivity contribution is -0.142. The van der Waals surface area contributed by atoms with Crippen LogP contribution < -0.4 is 0 Å². The molecule has 0 saturated heterocycles. The molecule has 0 spiro atoms.